The van der Waals surface area contributed by atoms with Gasteiger partial charge in [-0.25, -0.2) is 4.98 Å². The quantitative estimate of drug-likeness (QED) is 0.548. The van der Waals surface area contributed by atoms with E-state index in [4.69, 9.17) is 9.40 Å². The first-order valence-corrected chi connectivity index (χ1v) is 11.4. The zero-order valence-electron chi connectivity index (χ0n) is 19.9. The molecule has 1 atom stereocenters. The van der Waals surface area contributed by atoms with Crippen LogP contribution in [0.3, 0.4) is 0 Å². The molecule has 1 aliphatic rings. The zero-order valence-corrected chi connectivity index (χ0v) is 19.9. The van der Waals surface area contributed by atoms with Crippen molar-refractivity contribution in [1.82, 2.24) is 9.88 Å². The second kappa shape index (κ2) is 9.11. The van der Waals surface area contributed by atoms with Crippen LogP contribution in [0.15, 0.2) is 47.1 Å². The number of furan rings is 1. The zero-order chi connectivity index (χ0) is 23.7. The topological polar surface area (TPSA) is 73.4 Å². The van der Waals surface area contributed by atoms with Gasteiger partial charge in [-0.15, -0.1) is 0 Å². The summed E-state index contributed by atoms with van der Waals surface area (Å²) in [5.74, 6) is 1.53. The minimum atomic E-state index is -0.0205. The van der Waals surface area contributed by atoms with Crippen molar-refractivity contribution in [2.24, 2.45) is 0 Å². The molecule has 3 heterocycles. The number of amides is 1. The SMILES string of the molecule is Cc1cccc(-c2cc(C#N)c(N3CCN(C(=O)c4ccoc4C)[C@H](C)C3)nc2C(C)C)c1. The molecule has 1 fully saturated rings. The maximum atomic E-state index is 13.0. The van der Waals surface area contributed by atoms with Gasteiger partial charge in [0.2, 0.25) is 0 Å². The van der Waals surface area contributed by atoms with Crippen LogP contribution in [-0.2, 0) is 0 Å². The summed E-state index contributed by atoms with van der Waals surface area (Å²) in [7, 11) is 0. The molecule has 0 unspecified atom stereocenters. The maximum Gasteiger partial charge on any atom is 0.257 e. The molecule has 0 saturated carbocycles. The Morgan fingerprint density at radius 2 is 2.00 bits per heavy atom. The number of carbonyl (C=O) groups is 1. The molecule has 1 aromatic carbocycles. The molecule has 2 aromatic heterocycles. The number of aromatic nitrogens is 1. The lowest BCUT2D eigenvalue weighted by atomic mass is 9.95. The fourth-order valence-corrected chi connectivity index (χ4v) is 4.54. The number of nitrogens with zero attached hydrogens (tertiary/aromatic N) is 4. The van der Waals surface area contributed by atoms with Gasteiger partial charge >= 0.3 is 0 Å². The van der Waals surface area contributed by atoms with Crippen molar-refractivity contribution in [3.05, 3.63) is 70.8 Å². The van der Waals surface area contributed by atoms with Gasteiger partial charge in [-0.3, -0.25) is 4.79 Å². The van der Waals surface area contributed by atoms with Gasteiger partial charge in [0.15, 0.2) is 0 Å². The molecule has 1 aliphatic heterocycles. The Kier molecular flexibility index (Phi) is 6.24. The van der Waals surface area contributed by atoms with E-state index in [0.29, 0.717) is 42.3 Å². The third-order valence-corrected chi connectivity index (χ3v) is 6.31. The molecule has 1 amide bonds. The van der Waals surface area contributed by atoms with Gasteiger partial charge in [-0.1, -0.05) is 43.7 Å². The van der Waals surface area contributed by atoms with Gasteiger partial charge in [-0.05, 0) is 44.4 Å². The summed E-state index contributed by atoms with van der Waals surface area (Å²) >= 11 is 0. The molecule has 0 radical (unpaired) electrons. The average molecular weight is 443 g/mol. The van der Waals surface area contributed by atoms with Gasteiger partial charge in [-0.2, -0.15) is 5.26 Å². The Bertz CT molecular complexity index is 1220. The molecule has 0 N–H and O–H groups in total. The number of anilines is 1. The highest BCUT2D eigenvalue weighted by molar-refractivity contribution is 5.95. The van der Waals surface area contributed by atoms with E-state index >= 15 is 0 Å². The van der Waals surface area contributed by atoms with Crippen LogP contribution in [0, 0.1) is 25.2 Å². The molecule has 0 spiro atoms. The van der Waals surface area contributed by atoms with Gasteiger partial charge in [0, 0.05) is 31.2 Å². The molecule has 170 valence electrons. The lowest BCUT2D eigenvalue weighted by Gasteiger charge is -2.40. The van der Waals surface area contributed by atoms with Crippen LogP contribution in [0.5, 0.6) is 0 Å². The minimum Gasteiger partial charge on any atom is -0.469 e. The molecule has 6 heteroatoms. The predicted molar refractivity (Wildman–Crippen MR) is 129 cm³/mol. The van der Waals surface area contributed by atoms with Crippen LogP contribution < -0.4 is 4.90 Å². The van der Waals surface area contributed by atoms with E-state index in [1.54, 1.807) is 19.3 Å². The highest BCUT2D eigenvalue weighted by Crippen LogP contribution is 2.34. The predicted octanol–water partition coefficient (Wildman–Crippen LogP) is 5.30. The fourth-order valence-electron chi connectivity index (χ4n) is 4.54. The third kappa shape index (κ3) is 4.36. The van der Waals surface area contributed by atoms with Crippen LogP contribution >= 0.6 is 0 Å². The lowest BCUT2D eigenvalue weighted by molar-refractivity contribution is 0.0672. The molecule has 1 saturated heterocycles. The molecule has 6 nitrogen and oxygen atoms in total. The Labute approximate surface area is 195 Å². The number of pyridine rings is 1. The number of hydrogen-bond donors (Lipinski definition) is 0. The Hall–Kier alpha value is -3.59. The molecule has 3 aromatic rings. The second-order valence-electron chi connectivity index (χ2n) is 9.11. The number of hydrogen-bond acceptors (Lipinski definition) is 5. The first kappa shape index (κ1) is 22.6. The van der Waals surface area contributed by atoms with Crippen molar-refractivity contribution >= 4 is 11.7 Å². The van der Waals surface area contributed by atoms with Crippen LogP contribution in [0.2, 0.25) is 0 Å². The average Bonchev–Trinajstić information content (AvgIpc) is 3.23. The van der Waals surface area contributed by atoms with Crippen molar-refractivity contribution in [2.45, 2.75) is 46.6 Å². The van der Waals surface area contributed by atoms with E-state index in [2.05, 4.69) is 49.9 Å². The van der Waals surface area contributed by atoms with Crippen molar-refractivity contribution in [1.29, 1.82) is 5.26 Å². The van der Waals surface area contributed by atoms with Gasteiger partial charge in [0.25, 0.3) is 5.91 Å². The molecular formula is C27H30N4O2. The number of aryl methyl sites for hydroxylation is 2. The lowest BCUT2D eigenvalue weighted by Crippen LogP contribution is -2.54. The first-order valence-electron chi connectivity index (χ1n) is 11.4. The molecule has 0 aliphatic carbocycles. The first-order chi connectivity index (χ1) is 15.8. The van der Waals surface area contributed by atoms with Gasteiger partial charge < -0.3 is 14.2 Å². The van der Waals surface area contributed by atoms with Crippen LogP contribution in [0.1, 0.15) is 59.6 Å². The summed E-state index contributed by atoms with van der Waals surface area (Å²) in [6, 6.07) is 14.4. The number of nitriles is 1. The van der Waals surface area contributed by atoms with Crippen molar-refractivity contribution in [2.75, 3.05) is 24.5 Å². The van der Waals surface area contributed by atoms with Crippen LogP contribution in [0.25, 0.3) is 11.1 Å². The standard InChI is InChI=1S/C27H30N4O2/c1-17(2)25-24(21-8-6-7-18(3)13-21)14-22(15-28)26(29-25)30-10-11-31(19(4)16-30)27(32)23-9-12-33-20(23)5/h6-9,12-14,17,19H,10-11,16H2,1-5H3/t19-/m1/s1. The maximum absolute atomic E-state index is 13.0. The normalized spacial score (nSPS) is 16.2. The third-order valence-electron chi connectivity index (χ3n) is 6.31. The number of carbonyl (C=O) groups excluding carboxylic acids is 1. The molecule has 0 bridgehead atoms. The van der Waals surface area contributed by atoms with E-state index in [1.807, 2.05) is 24.0 Å². The second-order valence-corrected chi connectivity index (χ2v) is 9.11. The fraction of sp³-hybridized carbons (Fsp3) is 0.370. The van der Waals surface area contributed by atoms with Gasteiger partial charge in [0.1, 0.15) is 17.6 Å². The Balaban J connectivity index is 1.66. The number of rotatable bonds is 4. The number of piperazine rings is 1. The summed E-state index contributed by atoms with van der Waals surface area (Å²) in [6.45, 7) is 12.0. The summed E-state index contributed by atoms with van der Waals surface area (Å²) in [5, 5.41) is 9.97. The number of benzene rings is 1. The van der Waals surface area contributed by atoms with E-state index in [-0.39, 0.29) is 17.9 Å². The summed E-state index contributed by atoms with van der Waals surface area (Å²) in [4.78, 5) is 22.1. The largest absolute Gasteiger partial charge is 0.469 e. The molecule has 33 heavy (non-hydrogen) atoms. The van der Waals surface area contributed by atoms with E-state index in [1.165, 1.54) is 5.56 Å². The van der Waals surface area contributed by atoms with Crippen molar-refractivity contribution < 1.29 is 9.21 Å². The Morgan fingerprint density at radius 3 is 2.61 bits per heavy atom. The monoisotopic (exact) mass is 442 g/mol. The smallest absolute Gasteiger partial charge is 0.257 e. The minimum absolute atomic E-state index is 0.0143. The van der Waals surface area contributed by atoms with Crippen LogP contribution in [-0.4, -0.2) is 41.5 Å². The molecule has 4 rings (SSSR count). The van der Waals surface area contributed by atoms with E-state index < -0.39 is 0 Å². The summed E-state index contributed by atoms with van der Waals surface area (Å²) in [6.07, 6.45) is 1.55. The summed E-state index contributed by atoms with van der Waals surface area (Å²) in [5.41, 5.74) is 5.41. The van der Waals surface area contributed by atoms with Gasteiger partial charge in [0.05, 0.1) is 23.1 Å². The van der Waals surface area contributed by atoms with Crippen LogP contribution in [0.4, 0.5) is 5.82 Å². The Morgan fingerprint density at radius 1 is 1.21 bits per heavy atom. The van der Waals surface area contributed by atoms with E-state index in [0.717, 1.165) is 16.8 Å². The highest BCUT2D eigenvalue weighted by Gasteiger charge is 2.31. The van der Waals surface area contributed by atoms with Crippen molar-refractivity contribution in [3.8, 4) is 17.2 Å². The van der Waals surface area contributed by atoms with Crippen molar-refractivity contribution in [3.63, 3.8) is 0 Å². The van der Waals surface area contributed by atoms with E-state index in [9.17, 15) is 10.1 Å². The summed E-state index contributed by atoms with van der Waals surface area (Å²) < 4.78 is 5.32. The highest BCUT2D eigenvalue weighted by atomic mass is 16.3. The molecular weight excluding hydrogens is 412 g/mol.